The van der Waals surface area contributed by atoms with Gasteiger partial charge in [-0.1, -0.05) is 47.5 Å². The largest absolute Gasteiger partial charge is 0.461 e. The molecule has 1 saturated heterocycles. The molecule has 0 saturated carbocycles. The minimum Gasteiger partial charge on any atom is -0.461 e. The van der Waals surface area contributed by atoms with Crippen LogP contribution in [0.2, 0.25) is 10.0 Å². The first-order chi connectivity index (χ1) is 14.9. The summed E-state index contributed by atoms with van der Waals surface area (Å²) in [7, 11) is 1.46. The van der Waals surface area contributed by atoms with Crippen LogP contribution in [0.4, 0.5) is 0 Å². The number of carbonyl (C=O) groups is 1. The second-order valence-corrected chi connectivity index (χ2v) is 8.13. The smallest absolute Gasteiger partial charge is 0.338 e. The molecule has 0 aliphatic carbocycles. The standard InChI is InChI=1S/C22H25Cl2NO6/c1-29-12-19(26)25-18(20(27)21-22(28)31-7-6-30-21)8-13-2-4-14(5-3-13)15-9-16(23)11-17(24)10-15/h2-5,9-11,18-21,25-27H,6-8,12H2,1H3. The van der Waals surface area contributed by atoms with Crippen molar-refractivity contribution in [3.8, 4) is 11.1 Å². The molecule has 0 spiro atoms. The fourth-order valence-electron chi connectivity index (χ4n) is 3.46. The van der Waals surface area contributed by atoms with Crippen molar-refractivity contribution < 1.29 is 29.2 Å². The molecule has 2 aromatic rings. The number of hydrogen-bond donors (Lipinski definition) is 3. The topological polar surface area (TPSA) is 97.2 Å². The lowest BCUT2D eigenvalue weighted by atomic mass is 9.95. The van der Waals surface area contributed by atoms with Crippen LogP contribution in [0.3, 0.4) is 0 Å². The Morgan fingerprint density at radius 2 is 1.77 bits per heavy atom. The van der Waals surface area contributed by atoms with Crippen molar-refractivity contribution in [1.82, 2.24) is 5.32 Å². The number of aliphatic hydroxyl groups is 2. The lowest BCUT2D eigenvalue weighted by Gasteiger charge is -2.32. The quantitative estimate of drug-likeness (QED) is 0.383. The zero-order valence-electron chi connectivity index (χ0n) is 17.0. The number of rotatable bonds is 9. The lowest BCUT2D eigenvalue weighted by Crippen LogP contribution is -2.56. The number of methoxy groups -OCH3 is 1. The Labute approximate surface area is 190 Å². The summed E-state index contributed by atoms with van der Waals surface area (Å²) >= 11 is 12.2. The van der Waals surface area contributed by atoms with Crippen LogP contribution < -0.4 is 5.32 Å². The molecule has 1 aliphatic rings. The van der Waals surface area contributed by atoms with Gasteiger partial charge in [0.25, 0.3) is 0 Å². The summed E-state index contributed by atoms with van der Waals surface area (Å²) in [5.41, 5.74) is 2.69. The highest BCUT2D eigenvalue weighted by Gasteiger charge is 2.37. The zero-order valence-corrected chi connectivity index (χ0v) is 18.5. The molecule has 9 heteroatoms. The van der Waals surface area contributed by atoms with Gasteiger partial charge in [0.2, 0.25) is 0 Å². The van der Waals surface area contributed by atoms with Crippen molar-refractivity contribution >= 4 is 29.2 Å². The average molecular weight is 470 g/mol. The first-order valence-corrected chi connectivity index (χ1v) is 10.6. The second-order valence-electron chi connectivity index (χ2n) is 7.25. The van der Waals surface area contributed by atoms with Gasteiger partial charge in [-0.15, -0.1) is 0 Å². The number of carbonyl (C=O) groups excluding carboxylic acids is 1. The van der Waals surface area contributed by atoms with Gasteiger partial charge < -0.3 is 24.4 Å². The summed E-state index contributed by atoms with van der Waals surface area (Å²) in [6, 6.07) is 12.3. The Hall–Kier alpha value is -1.71. The second kappa shape index (κ2) is 11.2. The van der Waals surface area contributed by atoms with Crippen molar-refractivity contribution in [3.05, 3.63) is 58.1 Å². The third-order valence-corrected chi connectivity index (χ3v) is 5.35. The number of cyclic esters (lactones) is 1. The minimum absolute atomic E-state index is 0.0215. The molecule has 1 fully saturated rings. The number of esters is 1. The number of nitrogens with one attached hydrogen (secondary N) is 1. The average Bonchev–Trinajstić information content (AvgIpc) is 2.73. The van der Waals surface area contributed by atoms with E-state index in [1.165, 1.54) is 7.11 Å². The first-order valence-electron chi connectivity index (χ1n) is 9.82. The highest BCUT2D eigenvalue weighted by molar-refractivity contribution is 6.35. The summed E-state index contributed by atoms with van der Waals surface area (Å²) in [5, 5.41) is 24.9. The van der Waals surface area contributed by atoms with E-state index in [1.54, 1.807) is 6.07 Å². The van der Waals surface area contributed by atoms with Gasteiger partial charge >= 0.3 is 5.97 Å². The summed E-state index contributed by atoms with van der Waals surface area (Å²) in [4.78, 5) is 12.0. The lowest BCUT2D eigenvalue weighted by molar-refractivity contribution is -0.183. The summed E-state index contributed by atoms with van der Waals surface area (Å²) < 4.78 is 15.3. The molecule has 0 aromatic heterocycles. The van der Waals surface area contributed by atoms with Crippen molar-refractivity contribution in [1.29, 1.82) is 0 Å². The predicted molar refractivity (Wildman–Crippen MR) is 117 cm³/mol. The van der Waals surface area contributed by atoms with Crippen LogP contribution in [-0.4, -0.2) is 67.6 Å². The van der Waals surface area contributed by atoms with Gasteiger partial charge in [-0.25, -0.2) is 4.79 Å². The molecule has 1 aliphatic heterocycles. The number of halogens is 2. The molecule has 168 valence electrons. The molecule has 0 bridgehead atoms. The molecule has 4 atom stereocenters. The number of benzene rings is 2. The number of ether oxygens (including phenoxy) is 3. The predicted octanol–water partition coefficient (Wildman–Crippen LogP) is 2.43. The number of aliphatic hydroxyl groups excluding tert-OH is 2. The molecule has 1 heterocycles. The van der Waals surface area contributed by atoms with Gasteiger partial charge in [-0.2, -0.15) is 0 Å². The molecule has 4 unspecified atom stereocenters. The van der Waals surface area contributed by atoms with E-state index in [0.717, 1.165) is 16.7 Å². The van der Waals surface area contributed by atoms with Crippen LogP contribution >= 0.6 is 23.2 Å². The van der Waals surface area contributed by atoms with E-state index in [2.05, 4.69) is 5.32 Å². The highest BCUT2D eigenvalue weighted by atomic mass is 35.5. The van der Waals surface area contributed by atoms with Crippen LogP contribution in [0, 0.1) is 0 Å². The van der Waals surface area contributed by atoms with Crippen LogP contribution in [-0.2, 0) is 25.4 Å². The Morgan fingerprint density at radius 1 is 1.10 bits per heavy atom. The maximum atomic E-state index is 12.0. The normalized spacial score (nSPS) is 19.5. The monoisotopic (exact) mass is 469 g/mol. The minimum atomic E-state index is -1.23. The van der Waals surface area contributed by atoms with Crippen LogP contribution in [0.5, 0.6) is 0 Å². The molecule has 3 N–H and O–H groups in total. The summed E-state index contributed by atoms with van der Waals surface area (Å²) in [6.45, 7) is 0.382. The first kappa shape index (κ1) is 23.9. The maximum absolute atomic E-state index is 12.0. The van der Waals surface area contributed by atoms with E-state index in [-0.39, 0.29) is 19.8 Å². The third kappa shape index (κ3) is 6.63. The third-order valence-electron chi connectivity index (χ3n) is 4.92. The summed E-state index contributed by atoms with van der Waals surface area (Å²) in [5.74, 6) is -0.625. The van der Waals surface area contributed by atoms with Crippen LogP contribution in [0.1, 0.15) is 5.56 Å². The van der Waals surface area contributed by atoms with E-state index in [0.29, 0.717) is 16.5 Å². The number of hydrogen-bond acceptors (Lipinski definition) is 7. The van der Waals surface area contributed by atoms with Gasteiger partial charge in [0, 0.05) is 23.2 Å². The van der Waals surface area contributed by atoms with Crippen molar-refractivity contribution in [2.75, 3.05) is 26.9 Å². The molecule has 31 heavy (non-hydrogen) atoms. The van der Waals surface area contributed by atoms with Crippen molar-refractivity contribution in [3.63, 3.8) is 0 Å². The van der Waals surface area contributed by atoms with E-state index >= 15 is 0 Å². The van der Waals surface area contributed by atoms with Gasteiger partial charge in [-0.05, 0) is 41.3 Å². The Balaban J connectivity index is 1.77. The van der Waals surface area contributed by atoms with E-state index in [4.69, 9.17) is 37.4 Å². The highest BCUT2D eigenvalue weighted by Crippen LogP contribution is 2.27. The zero-order chi connectivity index (χ0) is 22.4. The molecule has 3 rings (SSSR count). The molecular formula is C22H25Cl2NO6. The van der Waals surface area contributed by atoms with Crippen LogP contribution in [0.15, 0.2) is 42.5 Å². The molecule has 0 amide bonds. The SMILES string of the molecule is COCC(O)NC(Cc1ccc(-c2cc(Cl)cc(Cl)c2)cc1)C(O)C1OCCOC1=O. The molecule has 7 nitrogen and oxygen atoms in total. The van der Waals surface area contributed by atoms with Gasteiger partial charge in [0.15, 0.2) is 6.10 Å². The molecule has 2 aromatic carbocycles. The maximum Gasteiger partial charge on any atom is 0.338 e. The van der Waals surface area contributed by atoms with Gasteiger partial charge in [0.1, 0.15) is 18.9 Å². The Kier molecular flexibility index (Phi) is 8.68. The summed E-state index contributed by atoms with van der Waals surface area (Å²) in [6.07, 6.45) is -3.07. The fraction of sp³-hybridized carbons (Fsp3) is 0.409. The Bertz CT molecular complexity index is 859. The van der Waals surface area contributed by atoms with E-state index in [1.807, 2.05) is 36.4 Å². The van der Waals surface area contributed by atoms with E-state index in [9.17, 15) is 15.0 Å². The molecular weight excluding hydrogens is 445 g/mol. The van der Waals surface area contributed by atoms with Crippen molar-refractivity contribution in [2.45, 2.75) is 30.9 Å². The van der Waals surface area contributed by atoms with E-state index < -0.39 is 30.4 Å². The van der Waals surface area contributed by atoms with Crippen molar-refractivity contribution in [2.24, 2.45) is 0 Å². The van der Waals surface area contributed by atoms with Gasteiger partial charge in [-0.3, -0.25) is 5.32 Å². The Morgan fingerprint density at radius 3 is 2.39 bits per heavy atom. The van der Waals surface area contributed by atoms with Gasteiger partial charge in [0.05, 0.1) is 13.2 Å². The molecule has 0 radical (unpaired) electrons. The van der Waals surface area contributed by atoms with Crippen LogP contribution in [0.25, 0.3) is 11.1 Å². The fourth-order valence-corrected chi connectivity index (χ4v) is 3.98.